The molecule has 0 amide bonds. The van der Waals surface area contributed by atoms with Crippen LogP contribution in [-0.4, -0.2) is 43.9 Å². The zero-order valence-electron chi connectivity index (χ0n) is 15.7. The standard InChI is InChI=1S/C18H32N4O2.HI/c1-16(2)9-14-24-15-11-21-18(19-3)20-10-5-7-13-22-12-6-4-8-17(22)23;/h4,6,8,12,16H,5,7,9-11,13-15H2,1-3H3,(H2,19,20,21);1H. The molecule has 0 atom stereocenters. The van der Waals surface area contributed by atoms with Gasteiger partial charge in [-0.1, -0.05) is 19.9 Å². The van der Waals surface area contributed by atoms with E-state index in [9.17, 15) is 4.79 Å². The van der Waals surface area contributed by atoms with Crippen LogP contribution in [-0.2, 0) is 11.3 Å². The van der Waals surface area contributed by atoms with Crippen molar-refractivity contribution in [1.82, 2.24) is 15.2 Å². The molecule has 0 aromatic carbocycles. The number of hydrogen-bond donors (Lipinski definition) is 2. The summed E-state index contributed by atoms with van der Waals surface area (Å²) in [4.78, 5) is 15.8. The highest BCUT2D eigenvalue weighted by Gasteiger charge is 1.98. The van der Waals surface area contributed by atoms with E-state index in [-0.39, 0.29) is 29.5 Å². The molecule has 0 fully saturated rings. The molecule has 6 nitrogen and oxygen atoms in total. The van der Waals surface area contributed by atoms with Crippen LogP contribution in [0, 0.1) is 5.92 Å². The average Bonchev–Trinajstić information content (AvgIpc) is 2.57. The molecule has 1 aromatic heterocycles. The Labute approximate surface area is 168 Å². The van der Waals surface area contributed by atoms with Gasteiger partial charge in [0.2, 0.25) is 5.56 Å². The second kappa shape index (κ2) is 15.2. The quantitative estimate of drug-likeness (QED) is 0.229. The lowest BCUT2D eigenvalue weighted by molar-refractivity contribution is 0.128. The van der Waals surface area contributed by atoms with Crippen LogP contribution in [0.15, 0.2) is 34.2 Å². The summed E-state index contributed by atoms with van der Waals surface area (Å²) in [6.45, 7) is 8.21. The molecule has 0 aliphatic carbocycles. The molecule has 0 bridgehead atoms. The van der Waals surface area contributed by atoms with Gasteiger partial charge in [-0.2, -0.15) is 0 Å². The maximum Gasteiger partial charge on any atom is 0.250 e. The SMILES string of the molecule is CN=C(NCCCCn1ccccc1=O)NCCOCCC(C)C.I. The van der Waals surface area contributed by atoms with E-state index in [1.165, 1.54) is 0 Å². The summed E-state index contributed by atoms with van der Waals surface area (Å²) < 4.78 is 7.30. The van der Waals surface area contributed by atoms with Gasteiger partial charge >= 0.3 is 0 Å². The van der Waals surface area contributed by atoms with E-state index in [0.717, 1.165) is 51.5 Å². The van der Waals surface area contributed by atoms with Crippen LogP contribution in [0.25, 0.3) is 0 Å². The third kappa shape index (κ3) is 12.0. The summed E-state index contributed by atoms with van der Waals surface area (Å²) in [5, 5.41) is 6.51. The molecule has 1 heterocycles. The molecule has 0 spiro atoms. The first kappa shape index (κ1) is 23.9. The number of aromatic nitrogens is 1. The van der Waals surface area contributed by atoms with Gasteiger partial charge in [0.1, 0.15) is 0 Å². The van der Waals surface area contributed by atoms with Gasteiger partial charge in [0.15, 0.2) is 5.96 Å². The Morgan fingerprint density at radius 1 is 1.20 bits per heavy atom. The Morgan fingerprint density at radius 2 is 1.96 bits per heavy atom. The topological polar surface area (TPSA) is 67.7 Å². The summed E-state index contributed by atoms with van der Waals surface area (Å²) >= 11 is 0. The van der Waals surface area contributed by atoms with Gasteiger partial charge in [-0.3, -0.25) is 9.79 Å². The van der Waals surface area contributed by atoms with Gasteiger partial charge in [-0.05, 0) is 31.2 Å². The Morgan fingerprint density at radius 3 is 2.64 bits per heavy atom. The number of ether oxygens (including phenoxy) is 1. The van der Waals surface area contributed by atoms with E-state index in [2.05, 4.69) is 29.5 Å². The van der Waals surface area contributed by atoms with Crippen molar-refractivity contribution < 1.29 is 4.74 Å². The van der Waals surface area contributed by atoms with E-state index in [4.69, 9.17) is 4.74 Å². The van der Waals surface area contributed by atoms with Crippen molar-refractivity contribution in [3.05, 3.63) is 34.7 Å². The largest absolute Gasteiger partial charge is 0.380 e. The Bertz CT molecular complexity index is 532. The fourth-order valence-electron chi connectivity index (χ4n) is 2.14. The average molecular weight is 464 g/mol. The van der Waals surface area contributed by atoms with Crippen LogP contribution in [0.4, 0.5) is 0 Å². The van der Waals surface area contributed by atoms with Crippen LogP contribution in [0.5, 0.6) is 0 Å². The van der Waals surface area contributed by atoms with Gasteiger partial charge in [-0.25, -0.2) is 0 Å². The molecule has 144 valence electrons. The Hall–Kier alpha value is -1.09. The van der Waals surface area contributed by atoms with Crippen molar-refractivity contribution in [3.63, 3.8) is 0 Å². The predicted molar refractivity (Wildman–Crippen MR) is 115 cm³/mol. The highest BCUT2D eigenvalue weighted by Crippen LogP contribution is 1.98. The van der Waals surface area contributed by atoms with Crippen LogP contribution in [0.1, 0.15) is 33.1 Å². The van der Waals surface area contributed by atoms with Crippen LogP contribution in [0.2, 0.25) is 0 Å². The van der Waals surface area contributed by atoms with E-state index < -0.39 is 0 Å². The normalized spacial score (nSPS) is 11.3. The highest BCUT2D eigenvalue weighted by atomic mass is 127. The summed E-state index contributed by atoms with van der Waals surface area (Å²) in [6, 6.07) is 5.24. The minimum absolute atomic E-state index is 0. The maximum absolute atomic E-state index is 11.6. The maximum atomic E-state index is 11.6. The smallest absolute Gasteiger partial charge is 0.250 e. The number of guanidine groups is 1. The first-order chi connectivity index (χ1) is 11.6. The molecule has 0 aliphatic rings. The first-order valence-electron chi connectivity index (χ1n) is 8.81. The number of rotatable bonds is 11. The predicted octanol–water partition coefficient (Wildman–Crippen LogP) is 2.47. The van der Waals surface area contributed by atoms with Gasteiger partial charge in [0, 0.05) is 45.6 Å². The molecular formula is C18H33IN4O2. The lowest BCUT2D eigenvalue weighted by Gasteiger charge is -2.12. The fourth-order valence-corrected chi connectivity index (χ4v) is 2.14. The second-order valence-corrected chi connectivity index (χ2v) is 6.16. The van der Waals surface area contributed by atoms with E-state index in [1.54, 1.807) is 23.7 Å². The molecule has 25 heavy (non-hydrogen) atoms. The van der Waals surface area contributed by atoms with Crippen LogP contribution >= 0.6 is 24.0 Å². The zero-order chi connectivity index (χ0) is 17.6. The lowest BCUT2D eigenvalue weighted by atomic mass is 10.1. The molecule has 2 N–H and O–H groups in total. The van der Waals surface area contributed by atoms with Gasteiger partial charge in [0.25, 0.3) is 0 Å². The number of halogens is 1. The second-order valence-electron chi connectivity index (χ2n) is 6.16. The minimum Gasteiger partial charge on any atom is -0.380 e. The van der Waals surface area contributed by atoms with Crippen molar-refractivity contribution in [2.75, 3.05) is 33.4 Å². The summed E-state index contributed by atoms with van der Waals surface area (Å²) in [6.07, 6.45) is 4.85. The molecule has 0 saturated carbocycles. The number of pyridine rings is 1. The fraction of sp³-hybridized carbons (Fsp3) is 0.667. The Kier molecular flexibility index (Phi) is 14.5. The third-order valence-electron chi connectivity index (χ3n) is 3.62. The number of aliphatic imine (C=N–C) groups is 1. The van der Waals surface area contributed by atoms with E-state index >= 15 is 0 Å². The molecule has 0 aliphatic heterocycles. The van der Waals surface area contributed by atoms with Crippen molar-refractivity contribution in [3.8, 4) is 0 Å². The summed E-state index contributed by atoms with van der Waals surface area (Å²) in [5.74, 6) is 1.47. The molecule has 1 rings (SSSR count). The molecule has 0 radical (unpaired) electrons. The molecular weight excluding hydrogens is 431 g/mol. The summed E-state index contributed by atoms with van der Waals surface area (Å²) in [5.41, 5.74) is 0.0559. The Balaban J connectivity index is 0.00000576. The van der Waals surface area contributed by atoms with Gasteiger partial charge < -0.3 is 19.9 Å². The van der Waals surface area contributed by atoms with Gasteiger partial charge in [-0.15, -0.1) is 24.0 Å². The number of nitrogens with one attached hydrogen (secondary N) is 2. The van der Waals surface area contributed by atoms with E-state index in [1.807, 2.05) is 12.3 Å². The highest BCUT2D eigenvalue weighted by molar-refractivity contribution is 14.0. The molecule has 1 aromatic rings. The van der Waals surface area contributed by atoms with Crippen molar-refractivity contribution >= 4 is 29.9 Å². The lowest BCUT2D eigenvalue weighted by Crippen LogP contribution is -2.39. The van der Waals surface area contributed by atoms with Crippen LogP contribution < -0.4 is 16.2 Å². The number of aryl methyl sites for hydroxylation is 1. The molecule has 7 heteroatoms. The number of nitrogens with zero attached hydrogens (tertiary/aromatic N) is 2. The minimum atomic E-state index is 0. The monoisotopic (exact) mass is 464 g/mol. The number of unbranched alkanes of at least 4 members (excludes halogenated alkanes) is 1. The third-order valence-corrected chi connectivity index (χ3v) is 3.62. The van der Waals surface area contributed by atoms with Crippen molar-refractivity contribution in [1.29, 1.82) is 0 Å². The molecule has 0 saturated heterocycles. The zero-order valence-corrected chi connectivity index (χ0v) is 18.0. The van der Waals surface area contributed by atoms with Crippen molar-refractivity contribution in [2.45, 2.75) is 39.7 Å². The number of hydrogen-bond acceptors (Lipinski definition) is 3. The first-order valence-corrected chi connectivity index (χ1v) is 8.81. The van der Waals surface area contributed by atoms with Crippen molar-refractivity contribution in [2.24, 2.45) is 10.9 Å². The summed E-state index contributed by atoms with van der Waals surface area (Å²) in [7, 11) is 1.76. The van der Waals surface area contributed by atoms with Crippen LogP contribution in [0.3, 0.4) is 0 Å². The molecule has 0 unspecified atom stereocenters. The van der Waals surface area contributed by atoms with E-state index in [0.29, 0.717) is 12.5 Å². The van der Waals surface area contributed by atoms with Gasteiger partial charge in [0.05, 0.1) is 6.61 Å².